The van der Waals surface area contributed by atoms with Crippen LogP contribution in [-0.2, 0) is 16.1 Å². The van der Waals surface area contributed by atoms with E-state index in [1.54, 1.807) is 38.8 Å². The van der Waals surface area contributed by atoms with Crippen LogP contribution in [-0.4, -0.2) is 64.6 Å². The second kappa shape index (κ2) is 8.29. The van der Waals surface area contributed by atoms with Crippen LogP contribution in [0.2, 0.25) is 0 Å². The summed E-state index contributed by atoms with van der Waals surface area (Å²) in [5.41, 5.74) is 0.450. The molecule has 1 aromatic heterocycles. The highest BCUT2D eigenvalue weighted by atomic mass is 16.6. The van der Waals surface area contributed by atoms with Gasteiger partial charge in [0.05, 0.1) is 5.69 Å². The molecule has 2 rings (SSSR count). The standard InChI is InChI=1S/C18H28N4O3/c1-14(20-17(24)25-18(2,3)4)16(23)22-11-9-21(10-12-22)13-15-7-5-6-8-19-15/h5-8,14H,9-13H2,1-4H3,(H,20,24)/t14-/m1/s1. The van der Waals surface area contributed by atoms with Gasteiger partial charge in [-0.25, -0.2) is 4.79 Å². The minimum atomic E-state index is -0.600. The summed E-state index contributed by atoms with van der Waals surface area (Å²) in [5.74, 6) is -0.0802. The smallest absolute Gasteiger partial charge is 0.408 e. The van der Waals surface area contributed by atoms with Crippen LogP contribution in [0.1, 0.15) is 33.4 Å². The Morgan fingerprint density at radius 3 is 2.48 bits per heavy atom. The quantitative estimate of drug-likeness (QED) is 0.895. The van der Waals surface area contributed by atoms with Crippen LogP contribution in [0.5, 0.6) is 0 Å². The highest BCUT2D eigenvalue weighted by Gasteiger charge is 2.27. The fourth-order valence-electron chi connectivity index (χ4n) is 2.67. The Morgan fingerprint density at radius 2 is 1.92 bits per heavy atom. The van der Waals surface area contributed by atoms with Crippen molar-refractivity contribution in [2.24, 2.45) is 0 Å². The maximum atomic E-state index is 12.5. The number of hydrogen-bond donors (Lipinski definition) is 1. The van der Waals surface area contributed by atoms with E-state index < -0.39 is 17.7 Å². The van der Waals surface area contributed by atoms with Crippen molar-refractivity contribution in [3.63, 3.8) is 0 Å². The number of pyridine rings is 1. The zero-order valence-corrected chi connectivity index (χ0v) is 15.5. The first-order chi connectivity index (χ1) is 11.7. The Morgan fingerprint density at radius 1 is 1.24 bits per heavy atom. The van der Waals surface area contributed by atoms with Gasteiger partial charge in [-0.3, -0.25) is 14.7 Å². The molecule has 2 amide bonds. The molecule has 1 aliphatic rings. The molecule has 25 heavy (non-hydrogen) atoms. The Hall–Kier alpha value is -2.15. The van der Waals surface area contributed by atoms with Gasteiger partial charge in [-0.1, -0.05) is 6.07 Å². The van der Waals surface area contributed by atoms with E-state index >= 15 is 0 Å². The SMILES string of the molecule is C[C@@H](NC(=O)OC(C)(C)C)C(=O)N1CCN(Cc2ccccn2)CC1. The van der Waals surface area contributed by atoms with Crippen molar-refractivity contribution >= 4 is 12.0 Å². The van der Waals surface area contributed by atoms with E-state index in [0.29, 0.717) is 13.1 Å². The lowest BCUT2D eigenvalue weighted by atomic mass is 10.2. The lowest BCUT2D eigenvalue weighted by Gasteiger charge is -2.35. The number of alkyl carbamates (subject to hydrolysis) is 1. The van der Waals surface area contributed by atoms with Crippen LogP contribution in [0.25, 0.3) is 0 Å². The lowest BCUT2D eigenvalue weighted by molar-refractivity contribution is -0.134. The van der Waals surface area contributed by atoms with Crippen LogP contribution >= 0.6 is 0 Å². The van der Waals surface area contributed by atoms with Gasteiger partial charge in [0.1, 0.15) is 11.6 Å². The number of amides is 2. The summed E-state index contributed by atoms with van der Waals surface area (Å²) in [4.78, 5) is 32.7. The number of nitrogens with one attached hydrogen (secondary N) is 1. The summed E-state index contributed by atoms with van der Waals surface area (Å²) in [6.07, 6.45) is 1.22. The van der Waals surface area contributed by atoms with Gasteiger partial charge in [-0.2, -0.15) is 0 Å². The number of nitrogens with zero attached hydrogens (tertiary/aromatic N) is 3. The van der Waals surface area contributed by atoms with Gasteiger partial charge in [-0.15, -0.1) is 0 Å². The molecule has 0 aliphatic carbocycles. The molecule has 1 N–H and O–H groups in total. The van der Waals surface area contributed by atoms with Crippen molar-refractivity contribution in [1.29, 1.82) is 0 Å². The highest BCUT2D eigenvalue weighted by Crippen LogP contribution is 2.09. The summed E-state index contributed by atoms with van der Waals surface area (Å²) in [5, 5.41) is 2.61. The molecule has 1 aromatic rings. The number of piperazine rings is 1. The zero-order chi connectivity index (χ0) is 18.4. The normalized spacial score (nSPS) is 17.0. The number of rotatable bonds is 4. The fourth-order valence-corrected chi connectivity index (χ4v) is 2.67. The fraction of sp³-hybridized carbons (Fsp3) is 0.611. The van der Waals surface area contributed by atoms with Crippen molar-refractivity contribution in [3.8, 4) is 0 Å². The van der Waals surface area contributed by atoms with Crippen molar-refractivity contribution in [1.82, 2.24) is 20.1 Å². The van der Waals surface area contributed by atoms with Gasteiger partial charge in [-0.05, 0) is 39.8 Å². The second-order valence-electron chi connectivity index (χ2n) is 7.29. The summed E-state index contributed by atoms with van der Waals surface area (Å²) >= 11 is 0. The monoisotopic (exact) mass is 348 g/mol. The van der Waals surface area contributed by atoms with Crippen molar-refractivity contribution in [3.05, 3.63) is 30.1 Å². The predicted molar refractivity (Wildman–Crippen MR) is 94.9 cm³/mol. The molecule has 1 atom stereocenters. The second-order valence-corrected chi connectivity index (χ2v) is 7.29. The van der Waals surface area contributed by atoms with Crippen LogP contribution in [0.3, 0.4) is 0 Å². The van der Waals surface area contributed by atoms with E-state index in [4.69, 9.17) is 4.74 Å². The molecule has 0 unspecified atom stereocenters. The molecule has 2 heterocycles. The summed E-state index contributed by atoms with van der Waals surface area (Å²) in [7, 11) is 0. The molecule has 0 bridgehead atoms. The number of carbonyl (C=O) groups excluding carboxylic acids is 2. The van der Waals surface area contributed by atoms with Gasteiger partial charge < -0.3 is 15.0 Å². The Balaban J connectivity index is 1.77. The summed E-state index contributed by atoms with van der Waals surface area (Å²) in [6.45, 7) is 10.7. The van der Waals surface area contributed by atoms with E-state index in [-0.39, 0.29) is 5.91 Å². The number of ether oxygens (including phenoxy) is 1. The third-order valence-electron chi connectivity index (χ3n) is 3.90. The third-order valence-corrected chi connectivity index (χ3v) is 3.90. The van der Waals surface area contributed by atoms with Gasteiger partial charge in [0.2, 0.25) is 5.91 Å². The lowest BCUT2D eigenvalue weighted by Crippen LogP contribution is -2.54. The van der Waals surface area contributed by atoms with E-state index in [9.17, 15) is 9.59 Å². The summed E-state index contributed by atoms with van der Waals surface area (Å²) in [6, 6.07) is 5.28. The van der Waals surface area contributed by atoms with Crippen molar-refractivity contribution in [2.45, 2.75) is 45.9 Å². The zero-order valence-electron chi connectivity index (χ0n) is 15.5. The Kier molecular flexibility index (Phi) is 6.36. The molecule has 0 saturated carbocycles. The molecular formula is C18H28N4O3. The topological polar surface area (TPSA) is 74.8 Å². The molecule has 0 aromatic carbocycles. The van der Waals surface area contributed by atoms with Gasteiger partial charge >= 0.3 is 6.09 Å². The van der Waals surface area contributed by atoms with E-state index in [0.717, 1.165) is 25.3 Å². The van der Waals surface area contributed by atoms with E-state index in [1.165, 1.54) is 0 Å². The van der Waals surface area contributed by atoms with Crippen LogP contribution in [0.15, 0.2) is 24.4 Å². The van der Waals surface area contributed by atoms with Crippen LogP contribution < -0.4 is 5.32 Å². The highest BCUT2D eigenvalue weighted by molar-refractivity contribution is 5.85. The van der Waals surface area contributed by atoms with E-state index in [2.05, 4.69) is 15.2 Å². The van der Waals surface area contributed by atoms with Crippen molar-refractivity contribution in [2.75, 3.05) is 26.2 Å². The first-order valence-electron chi connectivity index (χ1n) is 8.65. The molecule has 1 aliphatic heterocycles. The molecule has 0 spiro atoms. The number of carbonyl (C=O) groups is 2. The van der Waals surface area contributed by atoms with Gasteiger partial charge in [0.15, 0.2) is 0 Å². The molecular weight excluding hydrogens is 320 g/mol. The molecule has 7 nitrogen and oxygen atoms in total. The first-order valence-corrected chi connectivity index (χ1v) is 8.65. The minimum Gasteiger partial charge on any atom is -0.444 e. The molecule has 138 valence electrons. The van der Waals surface area contributed by atoms with E-state index in [1.807, 2.05) is 18.2 Å². The first kappa shape index (κ1) is 19.2. The van der Waals surface area contributed by atoms with Crippen LogP contribution in [0, 0.1) is 0 Å². The molecule has 1 fully saturated rings. The Labute approximate surface area is 149 Å². The predicted octanol–water partition coefficient (Wildman–Crippen LogP) is 1.64. The maximum absolute atomic E-state index is 12.5. The molecule has 1 saturated heterocycles. The van der Waals surface area contributed by atoms with Crippen molar-refractivity contribution < 1.29 is 14.3 Å². The maximum Gasteiger partial charge on any atom is 0.408 e. The number of aromatic nitrogens is 1. The number of hydrogen-bond acceptors (Lipinski definition) is 5. The summed E-state index contributed by atoms with van der Waals surface area (Å²) < 4.78 is 5.19. The van der Waals surface area contributed by atoms with Gasteiger partial charge in [0.25, 0.3) is 0 Å². The van der Waals surface area contributed by atoms with Gasteiger partial charge in [0, 0.05) is 38.9 Å². The minimum absolute atomic E-state index is 0.0802. The molecule has 0 radical (unpaired) electrons. The van der Waals surface area contributed by atoms with Crippen LogP contribution in [0.4, 0.5) is 4.79 Å². The molecule has 7 heteroatoms. The average molecular weight is 348 g/mol. The average Bonchev–Trinajstić information content (AvgIpc) is 2.54. The largest absolute Gasteiger partial charge is 0.444 e. The third kappa shape index (κ3) is 6.34. The Bertz CT molecular complexity index is 578.